The van der Waals surface area contributed by atoms with Crippen LogP contribution < -0.4 is 11.1 Å². The average molecular weight is 480 g/mol. The normalized spacial score (nSPS) is 13.5. The van der Waals surface area contributed by atoms with Gasteiger partial charge in [0.1, 0.15) is 5.00 Å². The molecule has 7 heteroatoms. The van der Waals surface area contributed by atoms with Crippen molar-refractivity contribution < 1.29 is 9.59 Å². The third-order valence-electron chi connectivity index (χ3n) is 5.72. The van der Waals surface area contributed by atoms with E-state index in [1.54, 1.807) is 11.8 Å². The van der Waals surface area contributed by atoms with E-state index in [9.17, 15) is 9.59 Å². The molecule has 2 amide bonds. The summed E-state index contributed by atoms with van der Waals surface area (Å²) >= 11 is 3.24. The Morgan fingerprint density at radius 2 is 1.88 bits per heavy atom. The van der Waals surface area contributed by atoms with Crippen LogP contribution in [0, 0.1) is 6.92 Å². The molecule has 0 radical (unpaired) electrons. The molecule has 0 saturated carbocycles. The van der Waals surface area contributed by atoms with Crippen molar-refractivity contribution in [2.75, 3.05) is 17.6 Å². The zero-order chi connectivity index (χ0) is 23.2. The van der Waals surface area contributed by atoms with Gasteiger partial charge in [0.05, 0.1) is 5.56 Å². The number of thioether (sulfide) groups is 1. The van der Waals surface area contributed by atoms with Gasteiger partial charge in [-0.15, -0.1) is 23.1 Å². The summed E-state index contributed by atoms with van der Waals surface area (Å²) in [6, 6.07) is 18.8. The SMILES string of the molecule is Cc1ccc(SCCCC(=O)Nc2sc3c(c2C(N)=O)CCN(Cc2ccccc2)C3)cc1. The summed E-state index contributed by atoms with van der Waals surface area (Å²) in [5.41, 5.74) is 9.72. The van der Waals surface area contributed by atoms with Crippen LogP contribution in [0.2, 0.25) is 0 Å². The van der Waals surface area contributed by atoms with Crippen molar-refractivity contribution in [1.82, 2.24) is 4.90 Å². The lowest BCUT2D eigenvalue weighted by Gasteiger charge is -2.27. The molecule has 0 bridgehead atoms. The lowest BCUT2D eigenvalue weighted by molar-refractivity contribution is -0.116. The number of aryl methyl sites for hydroxylation is 1. The lowest BCUT2D eigenvalue weighted by atomic mass is 10.0. The molecular weight excluding hydrogens is 450 g/mol. The number of anilines is 1. The molecule has 1 aliphatic rings. The number of hydrogen-bond donors (Lipinski definition) is 2. The van der Waals surface area contributed by atoms with Gasteiger partial charge in [-0.2, -0.15) is 0 Å². The number of nitrogens with one attached hydrogen (secondary N) is 1. The van der Waals surface area contributed by atoms with E-state index < -0.39 is 5.91 Å². The Balaban J connectivity index is 1.34. The number of amides is 2. The Labute approximate surface area is 203 Å². The molecule has 0 aliphatic carbocycles. The highest BCUT2D eigenvalue weighted by molar-refractivity contribution is 7.99. The van der Waals surface area contributed by atoms with E-state index in [0.717, 1.165) is 48.7 Å². The summed E-state index contributed by atoms with van der Waals surface area (Å²) in [5.74, 6) is 0.338. The second-order valence-electron chi connectivity index (χ2n) is 8.33. The topological polar surface area (TPSA) is 75.4 Å². The molecule has 0 unspecified atom stereocenters. The molecular formula is C26H29N3O2S2. The van der Waals surface area contributed by atoms with E-state index in [4.69, 9.17) is 5.73 Å². The smallest absolute Gasteiger partial charge is 0.251 e. The molecule has 2 heterocycles. The Bertz CT molecular complexity index is 1110. The zero-order valence-electron chi connectivity index (χ0n) is 18.8. The van der Waals surface area contributed by atoms with Crippen LogP contribution in [0.4, 0.5) is 5.00 Å². The van der Waals surface area contributed by atoms with E-state index in [-0.39, 0.29) is 5.91 Å². The first-order valence-corrected chi connectivity index (χ1v) is 13.0. The Morgan fingerprint density at radius 1 is 1.12 bits per heavy atom. The maximum Gasteiger partial charge on any atom is 0.251 e. The number of primary amides is 1. The van der Waals surface area contributed by atoms with Crippen LogP contribution in [-0.2, 0) is 24.3 Å². The number of hydrogen-bond acceptors (Lipinski definition) is 5. The first-order chi connectivity index (χ1) is 16.0. The molecule has 1 aliphatic heterocycles. The highest BCUT2D eigenvalue weighted by Crippen LogP contribution is 2.37. The third-order valence-corrected chi connectivity index (χ3v) is 7.95. The van der Waals surface area contributed by atoms with Crippen molar-refractivity contribution in [3.05, 3.63) is 81.7 Å². The van der Waals surface area contributed by atoms with Crippen LogP contribution in [0.15, 0.2) is 59.5 Å². The molecule has 4 rings (SSSR count). The van der Waals surface area contributed by atoms with Crippen molar-refractivity contribution in [2.45, 2.75) is 44.2 Å². The number of benzene rings is 2. The zero-order valence-corrected chi connectivity index (χ0v) is 20.4. The van der Waals surface area contributed by atoms with Crippen LogP contribution in [0.1, 0.15) is 44.8 Å². The van der Waals surface area contributed by atoms with Gasteiger partial charge in [-0.3, -0.25) is 14.5 Å². The van der Waals surface area contributed by atoms with E-state index in [0.29, 0.717) is 17.0 Å². The van der Waals surface area contributed by atoms with Gasteiger partial charge in [0.25, 0.3) is 5.91 Å². The minimum atomic E-state index is -0.464. The number of rotatable bonds is 9. The van der Waals surface area contributed by atoms with Gasteiger partial charge < -0.3 is 11.1 Å². The molecule has 0 spiro atoms. The van der Waals surface area contributed by atoms with Crippen molar-refractivity contribution >= 4 is 39.9 Å². The van der Waals surface area contributed by atoms with Crippen LogP contribution in [0.5, 0.6) is 0 Å². The van der Waals surface area contributed by atoms with Crippen LogP contribution in [0.3, 0.4) is 0 Å². The summed E-state index contributed by atoms with van der Waals surface area (Å²) in [7, 11) is 0. The van der Waals surface area contributed by atoms with E-state index in [1.165, 1.54) is 27.4 Å². The predicted molar refractivity (Wildman–Crippen MR) is 137 cm³/mol. The standard InChI is InChI=1S/C26H29N3O2S2/c1-18-9-11-20(12-10-18)32-15-5-8-23(30)28-26-24(25(27)31)21-13-14-29(17-22(21)33-26)16-19-6-3-2-4-7-19/h2-4,6-7,9-12H,5,8,13-17H2,1H3,(H2,27,31)(H,28,30). The first-order valence-electron chi connectivity index (χ1n) is 11.2. The lowest BCUT2D eigenvalue weighted by Crippen LogP contribution is -2.30. The second kappa shape index (κ2) is 11.0. The molecule has 172 valence electrons. The quantitative estimate of drug-likeness (QED) is 0.326. The Kier molecular flexibility index (Phi) is 7.85. The summed E-state index contributed by atoms with van der Waals surface area (Å²) in [5, 5.41) is 3.57. The number of carbonyl (C=O) groups excluding carboxylic acids is 2. The molecule has 3 N–H and O–H groups in total. The van der Waals surface area contributed by atoms with Crippen molar-refractivity contribution in [1.29, 1.82) is 0 Å². The first kappa shape index (κ1) is 23.5. The highest BCUT2D eigenvalue weighted by Gasteiger charge is 2.27. The predicted octanol–water partition coefficient (Wildman–Crippen LogP) is 5.22. The van der Waals surface area contributed by atoms with E-state index in [2.05, 4.69) is 53.5 Å². The number of carbonyl (C=O) groups is 2. The largest absolute Gasteiger partial charge is 0.365 e. The van der Waals surface area contributed by atoms with Gasteiger partial charge in [-0.1, -0.05) is 48.0 Å². The maximum atomic E-state index is 12.6. The number of nitrogens with two attached hydrogens (primary N) is 1. The van der Waals surface area contributed by atoms with Crippen molar-refractivity contribution in [3.8, 4) is 0 Å². The molecule has 33 heavy (non-hydrogen) atoms. The van der Waals surface area contributed by atoms with E-state index in [1.807, 2.05) is 18.2 Å². The van der Waals surface area contributed by atoms with Gasteiger partial charge in [0.2, 0.25) is 5.91 Å². The fraction of sp³-hybridized carbons (Fsp3) is 0.308. The molecule has 5 nitrogen and oxygen atoms in total. The van der Waals surface area contributed by atoms with Gasteiger partial charge >= 0.3 is 0 Å². The third kappa shape index (κ3) is 6.25. The highest BCUT2D eigenvalue weighted by atomic mass is 32.2. The van der Waals surface area contributed by atoms with Gasteiger partial charge in [0.15, 0.2) is 0 Å². The molecule has 2 aromatic carbocycles. The molecule has 3 aromatic rings. The number of fused-ring (bicyclic) bond motifs is 1. The van der Waals surface area contributed by atoms with E-state index >= 15 is 0 Å². The van der Waals surface area contributed by atoms with Crippen LogP contribution in [0.25, 0.3) is 0 Å². The van der Waals surface area contributed by atoms with Crippen LogP contribution >= 0.6 is 23.1 Å². The molecule has 1 aromatic heterocycles. The summed E-state index contributed by atoms with van der Waals surface area (Å²) in [4.78, 5) is 29.5. The number of nitrogens with zero attached hydrogens (tertiary/aromatic N) is 1. The molecule has 0 atom stereocenters. The maximum absolute atomic E-state index is 12.6. The minimum absolute atomic E-state index is 0.0678. The fourth-order valence-corrected chi connectivity index (χ4v) is 6.19. The summed E-state index contributed by atoms with van der Waals surface area (Å²) < 4.78 is 0. The van der Waals surface area contributed by atoms with Gasteiger partial charge in [0, 0.05) is 35.8 Å². The summed E-state index contributed by atoms with van der Waals surface area (Å²) in [6.45, 7) is 4.56. The van der Waals surface area contributed by atoms with Gasteiger partial charge in [-0.05, 0) is 48.8 Å². The average Bonchev–Trinajstić information content (AvgIpc) is 3.15. The Hall–Kier alpha value is -2.61. The second-order valence-corrected chi connectivity index (χ2v) is 10.6. The minimum Gasteiger partial charge on any atom is -0.365 e. The number of thiophene rings is 1. The summed E-state index contributed by atoms with van der Waals surface area (Å²) in [6.07, 6.45) is 1.95. The fourth-order valence-electron chi connectivity index (χ4n) is 4.03. The molecule has 0 saturated heterocycles. The van der Waals surface area contributed by atoms with Crippen LogP contribution in [-0.4, -0.2) is 29.0 Å². The van der Waals surface area contributed by atoms with Crippen molar-refractivity contribution in [2.24, 2.45) is 5.73 Å². The monoisotopic (exact) mass is 479 g/mol. The Morgan fingerprint density at radius 3 is 2.61 bits per heavy atom. The van der Waals surface area contributed by atoms with Gasteiger partial charge in [-0.25, -0.2) is 0 Å². The molecule has 0 fully saturated rings. The van der Waals surface area contributed by atoms with Crippen molar-refractivity contribution in [3.63, 3.8) is 0 Å².